The Hall–Kier alpha value is -2.26. The monoisotopic (exact) mass is 645 g/mol. The molecule has 2 heterocycles. The lowest BCUT2D eigenvalue weighted by atomic mass is 10.1. The smallest absolute Gasteiger partial charge is 0.336 e. The summed E-state index contributed by atoms with van der Waals surface area (Å²) in [5.74, 6) is -1.23. The van der Waals surface area contributed by atoms with E-state index < -0.39 is 47.3 Å². The summed E-state index contributed by atoms with van der Waals surface area (Å²) in [5.41, 5.74) is -0.230. The molecule has 0 amide bonds. The molecule has 0 unspecified atom stereocenters. The number of likely N-dealkylation sites (N-methyl/N-ethyl adjacent to an activating group) is 3. The van der Waals surface area contributed by atoms with Gasteiger partial charge in [0.25, 0.3) is 0 Å². The molecule has 3 rings (SSSR count). The molecule has 1 saturated heterocycles. The second kappa shape index (κ2) is 18.2. The molecule has 2 aromatic rings. The maximum atomic E-state index is 12.5. The molecule has 1 fully saturated rings. The van der Waals surface area contributed by atoms with Crippen LogP contribution in [0.25, 0.3) is 11.0 Å². The van der Waals surface area contributed by atoms with Crippen LogP contribution in [-0.2, 0) is 28.6 Å². The number of benzene rings is 1. The number of carbonyl (C=O) groups excluding carboxylic acids is 3. The van der Waals surface area contributed by atoms with E-state index in [0.717, 1.165) is 10.9 Å². The standard InChI is InChI=1S/C24H31N3O9S.3ClH/c1-13-7-18(28)33-16-8-14(5-6-15(13)16)32-24-23(36-21(31)11-27-4)22(35-20(30)10-26-3)17(12-37-24)34-19(29)9-25-2;;;/h5-8,17,22-27H,9-12H2,1-4H3;3*1H/t17-,22+,23-,24+;;;/m1.../s1. The minimum atomic E-state index is -1.13. The quantitative estimate of drug-likeness (QED) is 0.182. The van der Waals surface area contributed by atoms with E-state index >= 15 is 0 Å². The maximum Gasteiger partial charge on any atom is 0.336 e. The van der Waals surface area contributed by atoms with Gasteiger partial charge in [0, 0.05) is 23.3 Å². The molecule has 1 aromatic heterocycles. The molecule has 226 valence electrons. The van der Waals surface area contributed by atoms with Gasteiger partial charge in [-0.1, -0.05) is 0 Å². The zero-order valence-electron chi connectivity index (χ0n) is 22.3. The number of halogens is 3. The van der Waals surface area contributed by atoms with Crippen molar-refractivity contribution in [2.24, 2.45) is 0 Å². The van der Waals surface area contributed by atoms with Crippen LogP contribution in [0.1, 0.15) is 5.56 Å². The second-order valence-corrected chi connectivity index (χ2v) is 9.39. The van der Waals surface area contributed by atoms with E-state index in [-0.39, 0.29) is 62.6 Å². The number of nitrogens with one attached hydrogen (secondary N) is 3. The van der Waals surface area contributed by atoms with Crippen molar-refractivity contribution in [1.29, 1.82) is 0 Å². The van der Waals surface area contributed by atoms with Crippen molar-refractivity contribution < 1.29 is 37.7 Å². The summed E-state index contributed by atoms with van der Waals surface area (Å²) in [6, 6.07) is 6.42. The number of fused-ring (bicyclic) bond motifs is 1. The van der Waals surface area contributed by atoms with Crippen molar-refractivity contribution in [3.8, 4) is 5.75 Å². The first-order valence-electron chi connectivity index (χ1n) is 11.6. The van der Waals surface area contributed by atoms with Crippen molar-refractivity contribution in [2.45, 2.75) is 30.7 Å². The summed E-state index contributed by atoms with van der Waals surface area (Å²) in [6.45, 7) is 1.54. The number of thioether (sulfide) groups is 1. The fraction of sp³-hybridized carbons (Fsp3) is 0.500. The van der Waals surface area contributed by atoms with E-state index in [1.54, 1.807) is 46.3 Å². The van der Waals surface area contributed by atoms with Crippen molar-refractivity contribution in [1.82, 2.24) is 16.0 Å². The predicted octanol–water partition coefficient (Wildman–Crippen LogP) is 1.21. The third-order valence-corrected chi connectivity index (χ3v) is 6.55. The van der Waals surface area contributed by atoms with Crippen LogP contribution in [0.15, 0.2) is 33.5 Å². The van der Waals surface area contributed by atoms with Crippen LogP contribution in [0.5, 0.6) is 5.75 Å². The van der Waals surface area contributed by atoms with Gasteiger partial charge in [-0.3, -0.25) is 14.4 Å². The van der Waals surface area contributed by atoms with Gasteiger partial charge in [-0.05, 0) is 45.8 Å². The molecule has 12 nitrogen and oxygen atoms in total. The Morgan fingerprint density at radius 1 is 0.875 bits per heavy atom. The molecule has 1 aliphatic rings. The Labute approximate surface area is 254 Å². The number of hydrogen-bond acceptors (Lipinski definition) is 13. The first-order valence-corrected chi connectivity index (χ1v) is 12.7. The van der Waals surface area contributed by atoms with Crippen LogP contribution in [0.4, 0.5) is 0 Å². The fourth-order valence-electron chi connectivity index (χ4n) is 3.76. The number of esters is 3. The van der Waals surface area contributed by atoms with Gasteiger partial charge in [-0.15, -0.1) is 49.0 Å². The molecular weight excluding hydrogens is 613 g/mol. The second-order valence-electron chi connectivity index (χ2n) is 8.25. The Morgan fingerprint density at radius 3 is 2.00 bits per heavy atom. The van der Waals surface area contributed by atoms with Gasteiger partial charge < -0.3 is 39.3 Å². The van der Waals surface area contributed by atoms with Crippen molar-refractivity contribution in [2.75, 3.05) is 46.5 Å². The summed E-state index contributed by atoms with van der Waals surface area (Å²) in [4.78, 5) is 49.0. The van der Waals surface area contributed by atoms with Gasteiger partial charge in [0.1, 0.15) is 11.3 Å². The Balaban J connectivity index is 0.00000507. The molecule has 1 aliphatic heterocycles. The number of rotatable bonds is 11. The highest BCUT2D eigenvalue weighted by atomic mass is 35.5. The van der Waals surface area contributed by atoms with Crippen LogP contribution in [0.3, 0.4) is 0 Å². The van der Waals surface area contributed by atoms with E-state index in [4.69, 9.17) is 23.4 Å². The number of hydrogen-bond donors (Lipinski definition) is 3. The molecule has 3 N–H and O–H groups in total. The summed E-state index contributed by atoms with van der Waals surface area (Å²) < 4.78 is 28.3. The summed E-state index contributed by atoms with van der Waals surface area (Å²) in [5, 5.41) is 8.87. The topological polar surface area (TPSA) is 154 Å². The average molecular weight is 647 g/mol. The first-order chi connectivity index (χ1) is 17.7. The lowest BCUT2D eigenvalue weighted by molar-refractivity contribution is -0.188. The third kappa shape index (κ3) is 10.3. The lowest BCUT2D eigenvalue weighted by Gasteiger charge is -2.40. The fourth-order valence-corrected chi connectivity index (χ4v) is 4.97. The van der Waals surface area contributed by atoms with Crippen LogP contribution in [-0.4, -0.2) is 88.2 Å². The number of ether oxygens (including phenoxy) is 4. The van der Waals surface area contributed by atoms with E-state index in [1.807, 2.05) is 0 Å². The highest BCUT2D eigenvalue weighted by Gasteiger charge is 2.48. The van der Waals surface area contributed by atoms with Gasteiger partial charge >= 0.3 is 23.5 Å². The molecule has 0 saturated carbocycles. The van der Waals surface area contributed by atoms with Crippen LogP contribution in [0.2, 0.25) is 0 Å². The molecule has 16 heteroatoms. The van der Waals surface area contributed by atoms with E-state index in [2.05, 4.69) is 16.0 Å². The van der Waals surface area contributed by atoms with Gasteiger partial charge in [0.2, 0.25) is 0 Å². The molecule has 40 heavy (non-hydrogen) atoms. The highest BCUT2D eigenvalue weighted by molar-refractivity contribution is 7.99. The molecule has 0 aliphatic carbocycles. The Kier molecular flexibility index (Phi) is 17.2. The number of carbonyl (C=O) groups is 3. The largest absolute Gasteiger partial charge is 0.476 e. The van der Waals surface area contributed by atoms with Crippen molar-refractivity contribution in [3.63, 3.8) is 0 Å². The molecule has 1 aromatic carbocycles. The van der Waals surface area contributed by atoms with Gasteiger partial charge in [-0.2, -0.15) is 0 Å². The zero-order valence-corrected chi connectivity index (χ0v) is 25.5. The average Bonchev–Trinajstić information content (AvgIpc) is 2.82. The van der Waals surface area contributed by atoms with Gasteiger partial charge in [0.05, 0.1) is 19.6 Å². The molecular formula is C24H34Cl3N3O9S. The molecule has 0 bridgehead atoms. The molecule has 0 radical (unpaired) electrons. The Morgan fingerprint density at radius 2 is 1.43 bits per heavy atom. The van der Waals surface area contributed by atoms with Crippen LogP contribution < -0.4 is 26.3 Å². The number of aryl methyl sites for hydroxylation is 1. The third-order valence-electron chi connectivity index (χ3n) is 5.34. The van der Waals surface area contributed by atoms with Gasteiger partial charge in [-0.25, -0.2) is 4.79 Å². The van der Waals surface area contributed by atoms with E-state index in [9.17, 15) is 19.2 Å². The lowest BCUT2D eigenvalue weighted by Crippen LogP contribution is -2.57. The minimum absolute atomic E-state index is 0. The summed E-state index contributed by atoms with van der Waals surface area (Å²) in [6.07, 6.45) is -3.14. The van der Waals surface area contributed by atoms with E-state index in [0.29, 0.717) is 11.3 Å². The molecule has 0 spiro atoms. The van der Waals surface area contributed by atoms with E-state index in [1.165, 1.54) is 17.8 Å². The first kappa shape index (κ1) is 37.7. The summed E-state index contributed by atoms with van der Waals surface area (Å²) >= 11 is 1.23. The maximum absolute atomic E-state index is 12.5. The highest BCUT2D eigenvalue weighted by Crippen LogP contribution is 2.35. The van der Waals surface area contributed by atoms with Crippen LogP contribution >= 0.6 is 49.0 Å². The summed E-state index contributed by atoms with van der Waals surface area (Å²) in [7, 11) is 4.77. The Bertz CT molecular complexity index is 1190. The SMILES string of the molecule is CNCC(=O)O[C@@H]1[C@@H](OC(=O)CNC)[C@@H](Oc2ccc3c(C)cc(=O)oc3c2)SC[C@H]1OC(=O)CNC.Cl.Cl.Cl. The minimum Gasteiger partial charge on any atom is -0.476 e. The molecule has 4 atom stereocenters. The predicted molar refractivity (Wildman–Crippen MR) is 157 cm³/mol. The zero-order chi connectivity index (χ0) is 26.9. The van der Waals surface area contributed by atoms with Crippen LogP contribution in [0, 0.1) is 6.92 Å². The van der Waals surface area contributed by atoms with Crippen molar-refractivity contribution >= 4 is 77.9 Å². The normalized spacial score (nSPS) is 19.7. The van der Waals surface area contributed by atoms with Gasteiger partial charge in [0.15, 0.2) is 23.7 Å². The van der Waals surface area contributed by atoms with Crippen molar-refractivity contribution in [3.05, 3.63) is 40.2 Å².